The number of Topliss-reactive ketones (excluding diaryl/α,β-unsaturated/α-hetero) is 1. The van der Waals surface area contributed by atoms with Gasteiger partial charge in [0.2, 0.25) is 5.13 Å². The summed E-state index contributed by atoms with van der Waals surface area (Å²) in [5, 5.41) is 23.1. The second-order valence-corrected chi connectivity index (χ2v) is 13.8. The maximum Gasteiger partial charge on any atom is 0.301 e. The van der Waals surface area contributed by atoms with Crippen molar-refractivity contribution in [2.24, 2.45) is 0 Å². The fourth-order valence-corrected chi connectivity index (χ4v) is 7.89. The summed E-state index contributed by atoms with van der Waals surface area (Å²) in [4.78, 5) is 29.1. The van der Waals surface area contributed by atoms with Gasteiger partial charge in [-0.1, -0.05) is 85.0 Å². The van der Waals surface area contributed by atoms with E-state index in [0.717, 1.165) is 29.2 Å². The molecule has 1 N–H and O–H groups in total. The number of fused-ring (bicyclic) bond motifs is 2. The zero-order valence-electron chi connectivity index (χ0n) is 27.6. The number of anilines is 1. The van der Waals surface area contributed by atoms with Gasteiger partial charge in [-0.2, -0.15) is 0 Å². The number of benzene rings is 4. The van der Waals surface area contributed by atoms with Crippen molar-refractivity contribution < 1.29 is 33.6 Å². The fourth-order valence-electron chi connectivity index (χ4n) is 6.02. The van der Waals surface area contributed by atoms with Crippen LogP contribution in [0.5, 0.6) is 23.0 Å². The topological polar surface area (TPSA) is 120 Å². The van der Waals surface area contributed by atoms with E-state index in [2.05, 4.69) is 41.4 Å². The van der Waals surface area contributed by atoms with Crippen LogP contribution >= 0.6 is 23.1 Å². The number of ketones is 1. The molecule has 1 atom stereocenters. The summed E-state index contributed by atoms with van der Waals surface area (Å²) in [6.45, 7) is 5.61. The molecule has 0 saturated carbocycles. The number of carbonyl (C=O) groups excluding carboxylic acids is 2. The molecular formula is C38H35N3O7S2. The summed E-state index contributed by atoms with van der Waals surface area (Å²) < 4.78 is 24.0. The first kappa shape index (κ1) is 33.4. The molecule has 4 aromatic carbocycles. The summed E-state index contributed by atoms with van der Waals surface area (Å²) in [5.74, 6) is 0.623. The van der Waals surface area contributed by atoms with Crippen molar-refractivity contribution in [1.29, 1.82) is 0 Å². The number of carbonyl (C=O) groups is 2. The molecule has 2 aliphatic rings. The van der Waals surface area contributed by atoms with Gasteiger partial charge in [-0.05, 0) is 65.6 Å². The Balaban J connectivity index is 1.28. The van der Waals surface area contributed by atoms with Gasteiger partial charge >= 0.3 is 5.91 Å². The number of amides is 1. The van der Waals surface area contributed by atoms with Crippen LogP contribution in [0.3, 0.4) is 0 Å². The van der Waals surface area contributed by atoms with Gasteiger partial charge in [0, 0.05) is 11.3 Å². The molecule has 3 heterocycles. The lowest BCUT2D eigenvalue weighted by molar-refractivity contribution is -0.132. The van der Waals surface area contributed by atoms with E-state index in [1.807, 2.05) is 25.1 Å². The van der Waals surface area contributed by atoms with E-state index in [9.17, 15) is 14.7 Å². The predicted molar refractivity (Wildman–Crippen MR) is 194 cm³/mol. The summed E-state index contributed by atoms with van der Waals surface area (Å²) in [7, 11) is 0. The molecule has 1 saturated heterocycles. The normalized spacial score (nSPS) is 16.6. The van der Waals surface area contributed by atoms with E-state index in [0.29, 0.717) is 70.6 Å². The number of unbranched alkanes of at least 4 members (excludes halogenated alkanes) is 1. The highest BCUT2D eigenvalue weighted by molar-refractivity contribution is 8.00. The first-order valence-electron chi connectivity index (χ1n) is 16.5. The Bertz CT molecular complexity index is 2090. The lowest BCUT2D eigenvalue weighted by atomic mass is 9.95. The molecule has 12 heteroatoms. The summed E-state index contributed by atoms with van der Waals surface area (Å²) >= 11 is 2.72. The predicted octanol–water partition coefficient (Wildman–Crippen LogP) is 7.96. The maximum absolute atomic E-state index is 13.9. The minimum atomic E-state index is -1.03. The van der Waals surface area contributed by atoms with Gasteiger partial charge in [-0.15, -0.1) is 10.2 Å². The summed E-state index contributed by atoms with van der Waals surface area (Å²) in [5.41, 5.74) is 1.91. The highest BCUT2D eigenvalue weighted by atomic mass is 32.2. The Hall–Kier alpha value is -5.07. The molecule has 256 valence electrons. The number of aliphatic hydroxyl groups is 1. The van der Waals surface area contributed by atoms with Crippen molar-refractivity contribution in [3.63, 3.8) is 0 Å². The summed E-state index contributed by atoms with van der Waals surface area (Å²) in [6.07, 6.45) is 1.85. The third-order valence-corrected chi connectivity index (χ3v) is 10.5. The van der Waals surface area contributed by atoms with E-state index in [-0.39, 0.29) is 16.5 Å². The molecule has 0 radical (unpaired) electrons. The Morgan fingerprint density at radius 3 is 2.60 bits per heavy atom. The van der Waals surface area contributed by atoms with Crippen molar-refractivity contribution in [2.75, 3.05) is 31.3 Å². The smallest absolute Gasteiger partial charge is 0.301 e. The largest absolute Gasteiger partial charge is 0.507 e. The quantitative estimate of drug-likeness (QED) is 0.0341. The van der Waals surface area contributed by atoms with Gasteiger partial charge in [-0.3, -0.25) is 14.5 Å². The number of hydrogen-bond acceptors (Lipinski definition) is 11. The molecule has 1 amide bonds. The van der Waals surface area contributed by atoms with Gasteiger partial charge in [0.1, 0.15) is 19.0 Å². The van der Waals surface area contributed by atoms with E-state index < -0.39 is 17.7 Å². The number of ether oxygens (including phenoxy) is 4. The molecule has 0 unspecified atom stereocenters. The van der Waals surface area contributed by atoms with Crippen LogP contribution in [0.15, 0.2) is 88.8 Å². The van der Waals surface area contributed by atoms with Crippen molar-refractivity contribution in [3.05, 3.63) is 101 Å². The van der Waals surface area contributed by atoms with Crippen LogP contribution in [0.2, 0.25) is 0 Å². The van der Waals surface area contributed by atoms with E-state index in [1.54, 1.807) is 36.4 Å². The lowest BCUT2D eigenvalue weighted by Crippen LogP contribution is -2.29. The van der Waals surface area contributed by atoms with Crippen LogP contribution < -0.4 is 23.8 Å². The first-order valence-corrected chi connectivity index (χ1v) is 18.3. The van der Waals surface area contributed by atoms with Gasteiger partial charge in [0.05, 0.1) is 24.8 Å². The highest BCUT2D eigenvalue weighted by Crippen LogP contribution is 2.46. The lowest BCUT2D eigenvalue weighted by Gasteiger charge is -2.24. The molecule has 1 fully saturated rings. The SMILES string of the molecule is CCCCOc1ccc([C@H]2C(=C(O)c3ccc4c(c3)OCCO4)C(=O)C(=O)N2c2nnc(SCc3cccc4ccccc34)s2)cc1OCC. The first-order chi connectivity index (χ1) is 24.5. The Morgan fingerprint density at radius 2 is 1.76 bits per heavy atom. The Kier molecular flexibility index (Phi) is 9.90. The standard InChI is InChI=1S/C38H35N3O7S2/c1-3-5-17-46-28-15-13-24(20-30(28)45-4-2)33-32(34(42)25-14-16-29-31(21-25)48-19-18-47-29)35(43)36(44)41(33)37-39-40-38(50-37)49-22-26-11-8-10-23-9-6-7-12-27(23)26/h6-16,20-21,33,42H,3-5,17-19,22H2,1-2H3/t33-/m0/s1. The van der Waals surface area contributed by atoms with Crippen LogP contribution in [0, 0.1) is 0 Å². The number of rotatable bonds is 12. The van der Waals surface area contributed by atoms with Crippen LogP contribution in [0.25, 0.3) is 16.5 Å². The summed E-state index contributed by atoms with van der Waals surface area (Å²) in [6, 6.07) is 23.6. The Labute approximate surface area is 297 Å². The second kappa shape index (κ2) is 14.8. The molecule has 1 aromatic heterocycles. The number of nitrogens with zero attached hydrogens (tertiary/aromatic N) is 3. The van der Waals surface area contributed by atoms with Gasteiger partial charge in [-0.25, -0.2) is 0 Å². The highest BCUT2D eigenvalue weighted by Gasteiger charge is 2.48. The van der Waals surface area contributed by atoms with Crippen LogP contribution in [-0.4, -0.2) is 53.4 Å². The van der Waals surface area contributed by atoms with Crippen molar-refractivity contribution in [1.82, 2.24) is 10.2 Å². The van der Waals surface area contributed by atoms with Crippen LogP contribution in [0.4, 0.5) is 5.13 Å². The van der Waals surface area contributed by atoms with E-state index in [1.165, 1.54) is 28.0 Å². The molecule has 10 nitrogen and oxygen atoms in total. The minimum absolute atomic E-state index is 0.0889. The molecule has 2 aliphatic heterocycles. The van der Waals surface area contributed by atoms with Gasteiger partial charge in [0.15, 0.2) is 27.3 Å². The number of thioether (sulfide) groups is 1. The molecule has 5 aromatic rings. The minimum Gasteiger partial charge on any atom is -0.507 e. The molecule has 0 spiro atoms. The average molecular weight is 710 g/mol. The van der Waals surface area contributed by atoms with E-state index >= 15 is 0 Å². The second-order valence-electron chi connectivity index (χ2n) is 11.6. The zero-order chi connectivity index (χ0) is 34.6. The molecule has 0 aliphatic carbocycles. The monoisotopic (exact) mass is 709 g/mol. The van der Waals surface area contributed by atoms with Crippen molar-refractivity contribution >= 4 is 56.5 Å². The van der Waals surface area contributed by atoms with Crippen LogP contribution in [0.1, 0.15) is 49.4 Å². The van der Waals surface area contributed by atoms with Crippen molar-refractivity contribution in [2.45, 2.75) is 42.8 Å². The third kappa shape index (κ3) is 6.60. The fraction of sp³-hybridized carbons (Fsp3) is 0.263. The number of aliphatic hydroxyl groups excluding tert-OH is 1. The Morgan fingerprint density at radius 1 is 0.940 bits per heavy atom. The average Bonchev–Trinajstić information content (AvgIpc) is 3.72. The van der Waals surface area contributed by atoms with Crippen molar-refractivity contribution in [3.8, 4) is 23.0 Å². The molecule has 7 rings (SSSR count). The maximum atomic E-state index is 13.9. The molecule has 0 bridgehead atoms. The number of aromatic nitrogens is 2. The zero-order valence-corrected chi connectivity index (χ0v) is 29.2. The van der Waals surface area contributed by atoms with Crippen LogP contribution in [-0.2, 0) is 15.3 Å². The molecule has 50 heavy (non-hydrogen) atoms. The third-order valence-electron chi connectivity index (χ3n) is 8.43. The number of hydrogen-bond donors (Lipinski definition) is 1. The van der Waals surface area contributed by atoms with Gasteiger partial charge < -0.3 is 24.1 Å². The van der Waals surface area contributed by atoms with E-state index in [4.69, 9.17) is 18.9 Å². The van der Waals surface area contributed by atoms with Gasteiger partial charge in [0.25, 0.3) is 5.78 Å². The molecular weight excluding hydrogens is 675 g/mol.